The lowest BCUT2D eigenvalue weighted by atomic mass is 10.1. The Balaban J connectivity index is 2.15. The summed E-state index contributed by atoms with van der Waals surface area (Å²) in [4.78, 5) is 0. The maximum Gasteiger partial charge on any atom is 0.150 e. The molecule has 0 bridgehead atoms. The molecule has 2 aromatic rings. The van der Waals surface area contributed by atoms with E-state index in [0.29, 0.717) is 10.9 Å². The van der Waals surface area contributed by atoms with E-state index >= 15 is 0 Å². The Kier molecular flexibility index (Phi) is 6.33. The van der Waals surface area contributed by atoms with Crippen LogP contribution < -0.4 is 10.1 Å². The van der Waals surface area contributed by atoms with E-state index < -0.39 is 0 Å². The fourth-order valence-corrected chi connectivity index (χ4v) is 2.52. The van der Waals surface area contributed by atoms with Crippen molar-refractivity contribution in [3.8, 4) is 11.5 Å². The molecule has 1 N–H and O–H groups in total. The van der Waals surface area contributed by atoms with Gasteiger partial charge in [-0.15, -0.1) is 0 Å². The number of benzene rings is 2. The zero-order valence-electron chi connectivity index (χ0n) is 12.2. The second-order valence-electron chi connectivity index (χ2n) is 5.31. The van der Waals surface area contributed by atoms with Gasteiger partial charge in [-0.25, -0.2) is 0 Å². The summed E-state index contributed by atoms with van der Waals surface area (Å²) in [7, 11) is 0. The van der Waals surface area contributed by atoms with Gasteiger partial charge >= 0.3 is 0 Å². The maximum atomic E-state index is 6.30. The molecule has 0 aliphatic heterocycles. The van der Waals surface area contributed by atoms with Crippen LogP contribution >= 0.6 is 34.2 Å². The highest BCUT2D eigenvalue weighted by molar-refractivity contribution is 14.1. The summed E-state index contributed by atoms with van der Waals surface area (Å²) < 4.78 is 7.16. The highest BCUT2D eigenvalue weighted by atomic mass is 127. The van der Waals surface area contributed by atoms with Gasteiger partial charge in [0.2, 0.25) is 0 Å². The Morgan fingerprint density at radius 1 is 1.14 bits per heavy atom. The van der Waals surface area contributed by atoms with Gasteiger partial charge in [-0.2, -0.15) is 0 Å². The molecule has 0 saturated heterocycles. The minimum absolute atomic E-state index is 0.616. The van der Waals surface area contributed by atoms with Gasteiger partial charge in [-0.05, 0) is 65.4 Å². The average molecular weight is 416 g/mol. The topological polar surface area (TPSA) is 21.3 Å². The van der Waals surface area contributed by atoms with Gasteiger partial charge < -0.3 is 10.1 Å². The molecule has 0 radical (unpaired) electrons. The monoisotopic (exact) mass is 415 g/mol. The summed E-state index contributed by atoms with van der Waals surface area (Å²) in [6.45, 7) is 6.09. The summed E-state index contributed by atoms with van der Waals surface area (Å²) in [6.07, 6.45) is 0. The molecule has 2 rings (SSSR count). The Hall–Kier alpha value is -0.780. The van der Waals surface area contributed by atoms with Gasteiger partial charge in [0.25, 0.3) is 0 Å². The lowest BCUT2D eigenvalue weighted by Crippen LogP contribution is -2.19. The van der Waals surface area contributed by atoms with Crippen LogP contribution in [-0.2, 0) is 6.54 Å². The van der Waals surface area contributed by atoms with Gasteiger partial charge in [0.05, 0.1) is 5.02 Å². The molecule has 2 aromatic carbocycles. The molecule has 0 aliphatic rings. The number of ether oxygens (including phenoxy) is 1. The average Bonchev–Trinajstić information content (AvgIpc) is 2.44. The predicted molar refractivity (Wildman–Crippen MR) is 97.2 cm³/mol. The summed E-state index contributed by atoms with van der Waals surface area (Å²) in [5, 5.41) is 4.06. The van der Waals surface area contributed by atoms with E-state index in [0.717, 1.165) is 30.2 Å². The maximum absolute atomic E-state index is 6.30. The van der Waals surface area contributed by atoms with Crippen LogP contribution in [-0.4, -0.2) is 6.54 Å². The van der Waals surface area contributed by atoms with Crippen molar-refractivity contribution in [1.82, 2.24) is 5.32 Å². The number of nitrogens with one attached hydrogen (secondary N) is 1. The van der Waals surface area contributed by atoms with Crippen LogP contribution in [0.4, 0.5) is 0 Å². The summed E-state index contributed by atoms with van der Waals surface area (Å²) >= 11 is 8.57. The summed E-state index contributed by atoms with van der Waals surface area (Å²) in [5.41, 5.74) is 1.07. The number of hydrogen-bond acceptors (Lipinski definition) is 2. The molecule has 0 aliphatic carbocycles. The van der Waals surface area contributed by atoms with Gasteiger partial charge in [0, 0.05) is 15.7 Å². The first kappa shape index (κ1) is 16.6. The van der Waals surface area contributed by atoms with Crippen LogP contribution in [0.15, 0.2) is 42.5 Å². The van der Waals surface area contributed by atoms with Crippen LogP contribution in [0.25, 0.3) is 0 Å². The van der Waals surface area contributed by atoms with Gasteiger partial charge in [-0.1, -0.05) is 37.6 Å². The Morgan fingerprint density at radius 2 is 1.86 bits per heavy atom. The largest absolute Gasteiger partial charge is 0.455 e. The van der Waals surface area contributed by atoms with Crippen LogP contribution in [0.5, 0.6) is 11.5 Å². The zero-order chi connectivity index (χ0) is 15.2. The molecular formula is C17H19ClINO. The van der Waals surface area contributed by atoms with Crippen molar-refractivity contribution >= 4 is 34.2 Å². The number of rotatable bonds is 6. The molecule has 0 spiro atoms. The van der Waals surface area contributed by atoms with Crippen molar-refractivity contribution in [3.05, 3.63) is 56.6 Å². The molecule has 112 valence electrons. The normalized spacial score (nSPS) is 10.9. The molecule has 0 saturated carbocycles. The number of para-hydroxylation sites is 1. The first-order valence-electron chi connectivity index (χ1n) is 6.98. The minimum atomic E-state index is 0.616. The van der Waals surface area contributed by atoms with Crippen LogP contribution in [0.1, 0.15) is 19.4 Å². The Labute approximate surface area is 145 Å². The zero-order valence-corrected chi connectivity index (χ0v) is 15.1. The first-order valence-corrected chi connectivity index (χ1v) is 8.43. The molecule has 0 atom stereocenters. The molecule has 0 amide bonds. The van der Waals surface area contributed by atoms with Crippen LogP contribution in [0.2, 0.25) is 5.02 Å². The molecule has 0 aromatic heterocycles. The van der Waals surface area contributed by atoms with Gasteiger partial charge in [0.15, 0.2) is 0 Å². The smallest absolute Gasteiger partial charge is 0.150 e. The van der Waals surface area contributed by atoms with E-state index in [1.54, 1.807) is 0 Å². The van der Waals surface area contributed by atoms with Crippen LogP contribution in [0, 0.1) is 9.49 Å². The number of hydrogen-bond donors (Lipinski definition) is 1. The summed E-state index contributed by atoms with van der Waals surface area (Å²) in [6, 6.07) is 13.8. The van der Waals surface area contributed by atoms with E-state index in [9.17, 15) is 0 Å². The first-order chi connectivity index (χ1) is 10.1. The second kappa shape index (κ2) is 8.01. The molecule has 4 heteroatoms. The van der Waals surface area contributed by atoms with E-state index in [4.69, 9.17) is 16.3 Å². The highest BCUT2D eigenvalue weighted by Gasteiger charge is 2.09. The van der Waals surface area contributed by atoms with E-state index in [1.165, 1.54) is 3.57 Å². The molecule has 21 heavy (non-hydrogen) atoms. The molecule has 0 unspecified atom stereocenters. The van der Waals surface area contributed by atoms with Crippen molar-refractivity contribution < 1.29 is 4.74 Å². The summed E-state index contributed by atoms with van der Waals surface area (Å²) in [5.74, 6) is 2.15. The fraction of sp³-hybridized carbons (Fsp3) is 0.294. The van der Waals surface area contributed by atoms with Crippen molar-refractivity contribution in [3.63, 3.8) is 0 Å². The molecular weight excluding hydrogens is 397 g/mol. The van der Waals surface area contributed by atoms with E-state index in [1.807, 2.05) is 42.5 Å². The Morgan fingerprint density at radius 3 is 2.52 bits per heavy atom. The third-order valence-corrected chi connectivity index (χ3v) is 3.97. The lowest BCUT2D eigenvalue weighted by molar-refractivity contribution is 0.469. The van der Waals surface area contributed by atoms with E-state index in [2.05, 4.69) is 41.8 Å². The Bertz CT molecular complexity index is 584. The van der Waals surface area contributed by atoms with Gasteiger partial charge in [0.1, 0.15) is 11.5 Å². The third kappa shape index (κ3) is 5.16. The van der Waals surface area contributed by atoms with Gasteiger partial charge in [-0.3, -0.25) is 0 Å². The van der Waals surface area contributed by atoms with Crippen molar-refractivity contribution in [1.29, 1.82) is 0 Å². The molecule has 0 heterocycles. The SMILES string of the molecule is CC(C)CNCc1cccc(Cl)c1Oc1ccc(I)cc1. The van der Waals surface area contributed by atoms with E-state index in [-0.39, 0.29) is 0 Å². The quantitative estimate of drug-likeness (QED) is 0.631. The van der Waals surface area contributed by atoms with Crippen LogP contribution in [0.3, 0.4) is 0 Å². The third-order valence-electron chi connectivity index (χ3n) is 2.95. The van der Waals surface area contributed by atoms with Crippen molar-refractivity contribution in [2.45, 2.75) is 20.4 Å². The highest BCUT2D eigenvalue weighted by Crippen LogP contribution is 2.33. The second-order valence-corrected chi connectivity index (χ2v) is 6.96. The lowest BCUT2D eigenvalue weighted by Gasteiger charge is -2.14. The predicted octanol–water partition coefficient (Wildman–Crippen LogP) is 5.48. The molecule has 2 nitrogen and oxygen atoms in total. The standard InChI is InChI=1S/C17H19ClINO/c1-12(2)10-20-11-13-4-3-5-16(18)17(13)21-15-8-6-14(19)7-9-15/h3-9,12,20H,10-11H2,1-2H3. The minimum Gasteiger partial charge on any atom is -0.455 e. The molecule has 0 fully saturated rings. The fourth-order valence-electron chi connectivity index (χ4n) is 1.92. The number of halogens is 2. The van der Waals surface area contributed by atoms with Crippen molar-refractivity contribution in [2.75, 3.05) is 6.54 Å². The van der Waals surface area contributed by atoms with Crippen molar-refractivity contribution in [2.24, 2.45) is 5.92 Å².